The molecule has 1 aromatic carbocycles. The summed E-state index contributed by atoms with van der Waals surface area (Å²) in [6, 6.07) is 18.9. The molecular formula is C24H22N4O2. The third kappa shape index (κ3) is 3.04. The molecule has 30 heavy (non-hydrogen) atoms. The van der Waals surface area contributed by atoms with Crippen LogP contribution in [0.15, 0.2) is 60.8 Å². The molecule has 2 aliphatic heterocycles. The van der Waals surface area contributed by atoms with Crippen LogP contribution in [0.5, 0.6) is 5.88 Å². The minimum absolute atomic E-state index is 0.0768. The predicted molar refractivity (Wildman–Crippen MR) is 114 cm³/mol. The molecule has 1 saturated heterocycles. The van der Waals surface area contributed by atoms with Gasteiger partial charge in [-0.3, -0.25) is 0 Å². The van der Waals surface area contributed by atoms with Gasteiger partial charge in [-0.2, -0.15) is 0 Å². The number of fused-ring (bicyclic) bond motifs is 3. The van der Waals surface area contributed by atoms with Gasteiger partial charge in [-0.1, -0.05) is 30.3 Å². The molecule has 4 aromatic rings. The molecule has 2 atom stereocenters. The van der Waals surface area contributed by atoms with Crippen LogP contribution < -0.4 is 4.74 Å². The summed E-state index contributed by atoms with van der Waals surface area (Å²) in [6.07, 6.45) is 4.79. The molecule has 6 rings (SSSR count). The van der Waals surface area contributed by atoms with E-state index in [0.29, 0.717) is 12.5 Å². The first-order chi connectivity index (χ1) is 14.8. The molecule has 3 aromatic heterocycles. The Morgan fingerprint density at radius 1 is 1.00 bits per heavy atom. The van der Waals surface area contributed by atoms with Gasteiger partial charge in [0.15, 0.2) is 5.65 Å². The fourth-order valence-electron chi connectivity index (χ4n) is 4.48. The standard InChI is InChI=1S/C24H22N4O2/c1-2-4-16(5-3-1)21-8-9-22-26-20-7-6-19(27-24(20)28(21)22)17-10-12-25-23(14-17)30-18-11-13-29-15-18/h1-7,10,12,14,18,21H,8-9,11,13,15H2/t18?,21-/m1/s1. The quantitative estimate of drug-likeness (QED) is 0.516. The van der Waals surface area contributed by atoms with Crippen molar-refractivity contribution in [2.24, 2.45) is 0 Å². The number of benzene rings is 1. The van der Waals surface area contributed by atoms with E-state index in [1.54, 1.807) is 6.20 Å². The number of hydrogen-bond acceptors (Lipinski definition) is 5. The molecule has 0 aliphatic carbocycles. The molecule has 0 N–H and O–H groups in total. The largest absolute Gasteiger partial charge is 0.472 e. The molecule has 1 fully saturated rings. The second-order valence-corrected chi connectivity index (χ2v) is 7.89. The first kappa shape index (κ1) is 17.6. The van der Waals surface area contributed by atoms with Gasteiger partial charge in [0.05, 0.1) is 24.9 Å². The molecular weight excluding hydrogens is 376 g/mol. The molecule has 150 valence electrons. The van der Waals surface area contributed by atoms with Gasteiger partial charge in [0.25, 0.3) is 0 Å². The van der Waals surface area contributed by atoms with Crippen molar-refractivity contribution in [1.82, 2.24) is 19.5 Å². The Kier molecular flexibility index (Phi) is 4.23. The van der Waals surface area contributed by atoms with Gasteiger partial charge in [-0.15, -0.1) is 0 Å². The van der Waals surface area contributed by atoms with Gasteiger partial charge in [0.1, 0.15) is 17.4 Å². The highest BCUT2D eigenvalue weighted by atomic mass is 16.5. The predicted octanol–water partition coefficient (Wildman–Crippen LogP) is 4.20. The van der Waals surface area contributed by atoms with Crippen molar-refractivity contribution in [2.75, 3.05) is 13.2 Å². The fourth-order valence-corrected chi connectivity index (χ4v) is 4.48. The monoisotopic (exact) mass is 398 g/mol. The second kappa shape index (κ2) is 7.22. The Labute approximate surface area is 174 Å². The van der Waals surface area contributed by atoms with Gasteiger partial charge < -0.3 is 14.0 Å². The van der Waals surface area contributed by atoms with Crippen LogP contribution in [0.4, 0.5) is 0 Å². The molecule has 2 aliphatic rings. The maximum atomic E-state index is 5.98. The Bertz CT molecular complexity index is 1200. The van der Waals surface area contributed by atoms with Crippen LogP contribution in [-0.4, -0.2) is 38.8 Å². The van der Waals surface area contributed by atoms with E-state index in [9.17, 15) is 0 Å². The van der Waals surface area contributed by atoms with Crippen LogP contribution in [0.3, 0.4) is 0 Å². The third-order valence-corrected chi connectivity index (χ3v) is 5.95. The van der Waals surface area contributed by atoms with E-state index in [-0.39, 0.29) is 12.1 Å². The number of ether oxygens (including phenoxy) is 2. The minimum Gasteiger partial charge on any atom is -0.472 e. The van der Waals surface area contributed by atoms with Crippen molar-refractivity contribution in [3.8, 4) is 17.1 Å². The van der Waals surface area contributed by atoms with Crippen molar-refractivity contribution in [1.29, 1.82) is 0 Å². The molecule has 6 heteroatoms. The summed E-state index contributed by atoms with van der Waals surface area (Å²) in [5, 5.41) is 0. The number of nitrogens with zero attached hydrogens (tertiary/aromatic N) is 4. The third-order valence-electron chi connectivity index (χ3n) is 5.95. The Morgan fingerprint density at radius 2 is 1.93 bits per heavy atom. The highest BCUT2D eigenvalue weighted by Gasteiger charge is 2.28. The zero-order valence-corrected chi connectivity index (χ0v) is 16.6. The second-order valence-electron chi connectivity index (χ2n) is 7.89. The number of imidazole rings is 1. The number of pyridine rings is 2. The van der Waals surface area contributed by atoms with E-state index < -0.39 is 0 Å². The summed E-state index contributed by atoms with van der Waals surface area (Å²) in [5.41, 5.74) is 5.09. The maximum absolute atomic E-state index is 5.98. The number of rotatable bonds is 4. The first-order valence-corrected chi connectivity index (χ1v) is 10.5. The van der Waals surface area contributed by atoms with Crippen LogP contribution in [0, 0.1) is 0 Å². The van der Waals surface area contributed by atoms with E-state index in [1.807, 2.05) is 18.2 Å². The number of aryl methyl sites for hydroxylation is 1. The van der Waals surface area contributed by atoms with E-state index in [2.05, 4.69) is 45.9 Å². The van der Waals surface area contributed by atoms with Crippen molar-refractivity contribution in [2.45, 2.75) is 31.4 Å². The van der Waals surface area contributed by atoms with Gasteiger partial charge in [0.2, 0.25) is 5.88 Å². The molecule has 6 nitrogen and oxygen atoms in total. The van der Waals surface area contributed by atoms with Crippen LogP contribution in [0.2, 0.25) is 0 Å². The zero-order valence-electron chi connectivity index (χ0n) is 16.6. The summed E-state index contributed by atoms with van der Waals surface area (Å²) in [5.74, 6) is 1.73. The van der Waals surface area contributed by atoms with Crippen LogP contribution in [0.25, 0.3) is 22.4 Å². The van der Waals surface area contributed by atoms with Crippen molar-refractivity contribution < 1.29 is 9.47 Å². The Balaban J connectivity index is 1.38. The van der Waals surface area contributed by atoms with Crippen LogP contribution in [0.1, 0.15) is 30.3 Å². The lowest BCUT2D eigenvalue weighted by Gasteiger charge is -2.15. The van der Waals surface area contributed by atoms with Crippen LogP contribution >= 0.6 is 0 Å². The normalized spacial score (nSPS) is 20.5. The summed E-state index contributed by atoms with van der Waals surface area (Å²) >= 11 is 0. The highest BCUT2D eigenvalue weighted by Crippen LogP contribution is 2.35. The van der Waals surface area contributed by atoms with Gasteiger partial charge in [0, 0.05) is 30.7 Å². The average Bonchev–Trinajstić information content (AvgIpc) is 3.51. The zero-order chi connectivity index (χ0) is 19.9. The molecule has 1 unspecified atom stereocenters. The summed E-state index contributed by atoms with van der Waals surface area (Å²) in [4.78, 5) is 14.2. The number of hydrogen-bond donors (Lipinski definition) is 0. The van der Waals surface area contributed by atoms with Crippen molar-refractivity contribution >= 4 is 11.2 Å². The minimum atomic E-state index is 0.0768. The topological polar surface area (TPSA) is 62.1 Å². The molecule has 0 amide bonds. The summed E-state index contributed by atoms with van der Waals surface area (Å²) in [7, 11) is 0. The Hall–Kier alpha value is -3.25. The van der Waals surface area contributed by atoms with E-state index in [1.165, 1.54) is 5.56 Å². The van der Waals surface area contributed by atoms with Gasteiger partial charge in [-0.25, -0.2) is 15.0 Å². The van der Waals surface area contributed by atoms with E-state index >= 15 is 0 Å². The Morgan fingerprint density at radius 3 is 2.80 bits per heavy atom. The SMILES string of the molecule is c1ccc([C@H]2CCc3nc4ccc(-c5ccnc(OC6CCOC6)c5)nc4n32)cc1. The summed E-state index contributed by atoms with van der Waals surface area (Å²) in [6.45, 7) is 1.37. The maximum Gasteiger partial charge on any atom is 0.214 e. The lowest BCUT2D eigenvalue weighted by Crippen LogP contribution is -2.16. The van der Waals surface area contributed by atoms with Gasteiger partial charge in [-0.05, 0) is 30.2 Å². The van der Waals surface area contributed by atoms with Crippen LogP contribution in [-0.2, 0) is 11.2 Å². The average molecular weight is 398 g/mol. The fraction of sp³-hybridized carbons (Fsp3) is 0.292. The van der Waals surface area contributed by atoms with Gasteiger partial charge >= 0.3 is 0 Å². The smallest absolute Gasteiger partial charge is 0.214 e. The first-order valence-electron chi connectivity index (χ1n) is 10.5. The van der Waals surface area contributed by atoms with E-state index in [0.717, 1.165) is 54.1 Å². The molecule has 5 heterocycles. The molecule has 0 spiro atoms. The van der Waals surface area contributed by atoms with Crippen molar-refractivity contribution in [3.05, 3.63) is 72.2 Å². The molecule has 0 radical (unpaired) electrons. The van der Waals surface area contributed by atoms with Crippen molar-refractivity contribution in [3.63, 3.8) is 0 Å². The summed E-state index contributed by atoms with van der Waals surface area (Å²) < 4.78 is 13.7. The molecule has 0 saturated carbocycles. The molecule has 0 bridgehead atoms. The lowest BCUT2D eigenvalue weighted by molar-refractivity contribution is 0.138. The lowest BCUT2D eigenvalue weighted by atomic mass is 10.0. The van der Waals surface area contributed by atoms with E-state index in [4.69, 9.17) is 19.4 Å². The number of aromatic nitrogens is 4. The highest BCUT2D eigenvalue weighted by molar-refractivity contribution is 5.77.